The molecule has 0 aromatic heterocycles. The maximum absolute atomic E-state index is 11.9. The van der Waals surface area contributed by atoms with Gasteiger partial charge in [-0.05, 0) is 49.1 Å². The molecule has 1 unspecified atom stereocenters. The molecule has 1 atom stereocenters. The van der Waals surface area contributed by atoms with E-state index in [1.807, 2.05) is 11.0 Å². The summed E-state index contributed by atoms with van der Waals surface area (Å²) in [6.45, 7) is 5.61. The number of benzene rings is 1. The molecule has 2 N–H and O–H groups in total. The molecule has 2 rings (SSSR count). The lowest BCUT2D eigenvalue weighted by molar-refractivity contribution is -0.117. The predicted molar refractivity (Wildman–Crippen MR) is 70.1 cm³/mol. The van der Waals surface area contributed by atoms with Crippen LogP contribution < -0.4 is 10.6 Å². The SMILES string of the molecule is CCc1cc(N2CC(CN)CC2=O)ccc1C. The Morgan fingerprint density at radius 1 is 1.47 bits per heavy atom. The fourth-order valence-corrected chi connectivity index (χ4v) is 2.40. The van der Waals surface area contributed by atoms with Crippen molar-refractivity contribution in [3.63, 3.8) is 0 Å². The van der Waals surface area contributed by atoms with Gasteiger partial charge in [0, 0.05) is 18.7 Å². The van der Waals surface area contributed by atoms with Gasteiger partial charge in [0.15, 0.2) is 0 Å². The number of hydrogen-bond donors (Lipinski definition) is 1. The summed E-state index contributed by atoms with van der Waals surface area (Å²) in [5.41, 5.74) is 9.26. The quantitative estimate of drug-likeness (QED) is 0.864. The van der Waals surface area contributed by atoms with Crippen LogP contribution in [-0.4, -0.2) is 19.0 Å². The molecular weight excluding hydrogens is 212 g/mol. The van der Waals surface area contributed by atoms with Crippen LogP contribution in [0.15, 0.2) is 18.2 Å². The molecule has 1 saturated heterocycles. The smallest absolute Gasteiger partial charge is 0.227 e. The molecule has 92 valence electrons. The van der Waals surface area contributed by atoms with Crippen LogP contribution in [0.2, 0.25) is 0 Å². The summed E-state index contributed by atoms with van der Waals surface area (Å²) in [5, 5.41) is 0. The third kappa shape index (κ3) is 2.34. The van der Waals surface area contributed by atoms with Gasteiger partial charge in [-0.3, -0.25) is 4.79 Å². The highest BCUT2D eigenvalue weighted by molar-refractivity contribution is 5.95. The monoisotopic (exact) mass is 232 g/mol. The Bertz CT molecular complexity index is 428. The molecule has 17 heavy (non-hydrogen) atoms. The predicted octanol–water partition coefficient (Wildman–Crippen LogP) is 1.87. The molecule has 1 aromatic carbocycles. The number of carbonyl (C=O) groups is 1. The minimum absolute atomic E-state index is 0.200. The number of anilines is 1. The summed E-state index contributed by atoms with van der Waals surface area (Å²) in [6.07, 6.45) is 1.59. The first kappa shape index (κ1) is 12.1. The Balaban J connectivity index is 2.26. The maximum atomic E-state index is 11.9. The molecule has 1 amide bonds. The first-order valence-electron chi connectivity index (χ1n) is 6.25. The van der Waals surface area contributed by atoms with Gasteiger partial charge in [0.25, 0.3) is 0 Å². The van der Waals surface area contributed by atoms with Crippen LogP contribution in [0.25, 0.3) is 0 Å². The number of nitrogens with zero attached hydrogens (tertiary/aromatic N) is 1. The van der Waals surface area contributed by atoms with Gasteiger partial charge < -0.3 is 10.6 Å². The number of amides is 1. The Morgan fingerprint density at radius 2 is 2.24 bits per heavy atom. The molecule has 0 aliphatic carbocycles. The molecule has 1 aliphatic rings. The fourth-order valence-electron chi connectivity index (χ4n) is 2.40. The zero-order valence-corrected chi connectivity index (χ0v) is 10.6. The van der Waals surface area contributed by atoms with Gasteiger partial charge in [0.05, 0.1) is 0 Å². The van der Waals surface area contributed by atoms with E-state index in [2.05, 4.69) is 26.0 Å². The van der Waals surface area contributed by atoms with Crippen molar-refractivity contribution >= 4 is 11.6 Å². The van der Waals surface area contributed by atoms with E-state index >= 15 is 0 Å². The van der Waals surface area contributed by atoms with Crippen LogP contribution in [-0.2, 0) is 11.2 Å². The summed E-state index contributed by atoms with van der Waals surface area (Å²) >= 11 is 0. The maximum Gasteiger partial charge on any atom is 0.227 e. The molecule has 0 saturated carbocycles. The molecule has 1 aliphatic heterocycles. The van der Waals surface area contributed by atoms with Gasteiger partial charge in [0.2, 0.25) is 5.91 Å². The lowest BCUT2D eigenvalue weighted by Crippen LogP contribution is -2.25. The van der Waals surface area contributed by atoms with Gasteiger partial charge in [-0.1, -0.05) is 13.0 Å². The Morgan fingerprint density at radius 3 is 2.82 bits per heavy atom. The van der Waals surface area contributed by atoms with Crippen molar-refractivity contribution in [3.05, 3.63) is 29.3 Å². The number of carbonyl (C=O) groups excluding carboxylic acids is 1. The van der Waals surface area contributed by atoms with E-state index in [1.54, 1.807) is 0 Å². The lowest BCUT2D eigenvalue weighted by Gasteiger charge is -2.18. The van der Waals surface area contributed by atoms with E-state index in [4.69, 9.17) is 5.73 Å². The van der Waals surface area contributed by atoms with Gasteiger partial charge >= 0.3 is 0 Å². The second-order valence-electron chi connectivity index (χ2n) is 4.77. The van der Waals surface area contributed by atoms with Crippen molar-refractivity contribution in [1.82, 2.24) is 0 Å². The number of nitrogens with two attached hydrogens (primary N) is 1. The molecule has 3 heteroatoms. The summed E-state index contributed by atoms with van der Waals surface area (Å²) in [7, 11) is 0. The first-order chi connectivity index (χ1) is 8.15. The van der Waals surface area contributed by atoms with Crippen LogP contribution in [0.3, 0.4) is 0 Å². The molecule has 0 radical (unpaired) electrons. The van der Waals surface area contributed by atoms with Crippen molar-refractivity contribution < 1.29 is 4.79 Å². The van der Waals surface area contributed by atoms with E-state index in [-0.39, 0.29) is 5.91 Å². The standard InChI is InChI=1S/C14H20N2O/c1-3-12-7-13(5-4-10(12)2)16-9-11(8-15)6-14(16)17/h4-5,7,11H,3,6,8-9,15H2,1-2H3. The van der Waals surface area contributed by atoms with Crippen molar-refractivity contribution in [3.8, 4) is 0 Å². The fraction of sp³-hybridized carbons (Fsp3) is 0.500. The Kier molecular flexibility index (Phi) is 3.48. The number of aryl methyl sites for hydroxylation is 2. The van der Waals surface area contributed by atoms with Crippen molar-refractivity contribution in [2.45, 2.75) is 26.7 Å². The highest BCUT2D eigenvalue weighted by Gasteiger charge is 2.29. The largest absolute Gasteiger partial charge is 0.330 e. The average Bonchev–Trinajstić information content (AvgIpc) is 2.71. The average molecular weight is 232 g/mol. The van der Waals surface area contributed by atoms with E-state index in [0.29, 0.717) is 18.9 Å². The zero-order chi connectivity index (χ0) is 12.4. The van der Waals surface area contributed by atoms with Crippen molar-refractivity contribution in [2.24, 2.45) is 11.7 Å². The Labute approximate surface area is 103 Å². The normalized spacial score (nSPS) is 20.1. The molecular formula is C14H20N2O. The van der Waals surface area contributed by atoms with Gasteiger partial charge in [-0.25, -0.2) is 0 Å². The van der Waals surface area contributed by atoms with Gasteiger partial charge in [-0.2, -0.15) is 0 Å². The topological polar surface area (TPSA) is 46.3 Å². The third-order valence-corrected chi connectivity index (χ3v) is 3.56. The van der Waals surface area contributed by atoms with Crippen LogP contribution in [0.5, 0.6) is 0 Å². The van der Waals surface area contributed by atoms with Crippen LogP contribution in [0.4, 0.5) is 5.69 Å². The molecule has 1 heterocycles. The molecule has 1 aromatic rings. The zero-order valence-electron chi connectivity index (χ0n) is 10.6. The van der Waals surface area contributed by atoms with Crippen molar-refractivity contribution in [2.75, 3.05) is 18.0 Å². The summed E-state index contributed by atoms with van der Waals surface area (Å²) < 4.78 is 0. The molecule has 0 spiro atoms. The summed E-state index contributed by atoms with van der Waals surface area (Å²) in [5.74, 6) is 0.514. The van der Waals surface area contributed by atoms with E-state index < -0.39 is 0 Å². The van der Waals surface area contributed by atoms with Crippen LogP contribution >= 0.6 is 0 Å². The highest BCUT2D eigenvalue weighted by Crippen LogP contribution is 2.26. The molecule has 1 fully saturated rings. The minimum Gasteiger partial charge on any atom is -0.330 e. The highest BCUT2D eigenvalue weighted by atomic mass is 16.2. The van der Waals surface area contributed by atoms with Gasteiger partial charge in [-0.15, -0.1) is 0 Å². The van der Waals surface area contributed by atoms with E-state index in [9.17, 15) is 4.79 Å². The lowest BCUT2D eigenvalue weighted by atomic mass is 10.1. The van der Waals surface area contributed by atoms with E-state index in [1.165, 1.54) is 11.1 Å². The third-order valence-electron chi connectivity index (χ3n) is 3.56. The summed E-state index contributed by atoms with van der Waals surface area (Å²) in [6, 6.07) is 6.26. The summed E-state index contributed by atoms with van der Waals surface area (Å²) in [4.78, 5) is 13.8. The second kappa shape index (κ2) is 4.88. The Hall–Kier alpha value is -1.35. The molecule has 0 bridgehead atoms. The van der Waals surface area contributed by atoms with E-state index in [0.717, 1.165) is 18.7 Å². The molecule has 3 nitrogen and oxygen atoms in total. The first-order valence-corrected chi connectivity index (χ1v) is 6.25. The number of rotatable bonds is 3. The second-order valence-corrected chi connectivity index (χ2v) is 4.77. The van der Waals surface area contributed by atoms with Gasteiger partial charge in [0.1, 0.15) is 0 Å². The van der Waals surface area contributed by atoms with Crippen molar-refractivity contribution in [1.29, 1.82) is 0 Å². The number of hydrogen-bond acceptors (Lipinski definition) is 2. The van der Waals surface area contributed by atoms with Crippen LogP contribution in [0, 0.1) is 12.8 Å². The van der Waals surface area contributed by atoms with Crippen LogP contribution in [0.1, 0.15) is 24.5 Å². The minimum atomic E-state index is 0.200.